The lowest BCUT2D eigenvalue weighted by Gasteiger charge is -2.13. The van der Waals surface area contributed by atoms with Crippen LogP contribution in [0.4, 0.5) is 5.82 Å². The average molecular weight is 240 g/mol. The number of nitrogens with one attached hydrogen (secondary N) is 1. The number of nitrogens with two attached hydrogens (primary N) is 1. The van der Waals surface area contributed by atoms with Gasteiger partial charge in [0.05, 0.1) is 10.9 Å². The molecule has 1 rings (SSSR count). The molecule has 0 bridgehead atoms. The van der Waals surface area contributed by atoms with E-state index in [0.717, 1.165) is 6.42 Å². The predicted molar refractivity (Wildman–Crippen MR) is 67.0 cm³/mol. The zero-order chi connectivity index (χ0) is 12.1. The molecular weight excluding hydrogens is 224 g/mol. The van der Waals surface area contributed by atoms with Gasteiger partial charge in [0.25, 0.3) is 0 Å². The first-order valence-electron chi connectivity index (χ1n) is 5.14. The molecule has 0 aromatic carbocycles. The Balaban J connectivity index is 2.65. The molecule has 0 saturated carbocycles. The summed E-state index contributed by atoms with van der Waals surface area (Å²) >= 11 is 4.87. The molecule has 0 saturated heterocycles. The summed E-state index contributed by atoms with van der Waals surface area (Å²) in [6.45, 7) is 1.99. The molecule has 1 aromatic heterocycles. The van der Waals surface area contributed by atoms with Crippen LogP contribution in [-0.2, 0) is 11.8 Å². The number of hydrogen-bond acceptors (Lipinski definition) is 3. The van der Waals surface area contributed by atoms with Crippen molar-refractivity contribution in [2.24, 2.45) is 18.7 Å². The molecule has 88 valence electrons. The molecule has 0 aliphatic rings. The summed E-state index contributed by atoms with van der Waals surface area (Å²) < 4.78 is 1.62. The molecule has 1 aromatic rings. The van der Waals surface area contributed by atoms with E-state index in [4.69, 9.17) is 18.0 Å². The van der Waals surface area contributed by atoms with E-state index < -0.39 is 5.92 Å². The van der Waals surface area contributed by atoms with Crippen LogP contribution in [0.1, 0.15) is 19.8 Å². The highest BCUT2D eigenvalue weighted by atomic mass is 32.1. The fourth-order valence-corrected chi connectivity index (χ4v) is 1.61. The third-order valence-electron chi connectivity index (χ3n) is 2.20. The third kappa shape index (κ3) is 3.30. The van der Waals surface area contributed by atoms with Gasteiger partial charge in [-0.15, -0.1) is 0 Å². The van der Waals surface area contributed by atoms with Gasteiger partial charge in [0, 0.05) is 19.3 Å². The molecule has 0 radical (unpaired) electrons. The maximum absolute atomic E-state index is 11.8. The Morgan fingerprint density at radius 3 is 2.88 bits per heavy atom. The first-order chi connectivity index (χ1) is 7.54. The quantitative estimate of drug-likeness (QED) is 0.755. The molecule has 3 N–H and O–H groups in total. The lowest BCUT2D eigenvalue weighted by Crippen LogP contribution is -2.33. The second-order valence-electron chi connectivity index (χ2n) is 3.61. The van der Waals surface area contributed by atoms with Crippen LogP contribution >= 0.6 is 12.2 Å². The molecule has 1 atom stereocenters. The fraction of sp³-hybridized carbons (Fsp3) is 0.500. The number of nitrogens with zero attached hydrogens (tertiary/aromatic N) is 2. The largest absolute Gasteiger partial charge is 0.393 e. The van der Waals surface area contributed by atoms with Crippen molar-refractivity contribution < 1.29 is 4.79 Å². The van der Waals surface area contributed by atoms with Gasteiger partial charge in [0.2, 0.25) is 5.91 Å². The zero-order valence-corrected chi connectivity index (χ0v) is 10.3. The van der Waals surface area contributed by atoms with Crippen LogP contribution in [0.2, 0.25) is 0 Å². The van der Waals surface area contributed by atoms with Crippen LogP contribution in [-0.4, -0.2) is 20.7 Å². The molecule has 5 nitrogen and oxygen atoms in total. The minimum absolute atomic E-state index is 0.187. The van der Waals surface area contributed by atoms with E-state index in [1.165, 1.54) is 0 Å². The zero-order valence-electron chi connectivity index (χ0n) is 9.43. The number of aromatic nitrogens is 2. The topological polar surface area (TPSA) is 72.9 Å². The van der Waals surface area contributed by atoms with Crippen LogP contribution in [0.25, 0.3) is 0 Å². The normalized spacial score (nSPS) is 12.1. The summed E-state index contributed by atoms with van der Waals surface area (Å²) in [4.78, 5) is 12.1. The van der Waals surface area contributed by atoms with Crippen molar-refractivity contribution in [2.45, 2.75) is 19.8 Å². The van der Waals surface area contributed by atoms with Crippen LogP contribution < -0.4 is 11.1 Å². The highest BCUT2D eigenvalue weighted by Crippen LogP contribution is 2.10. The van der Waals surface area contributed by atoms with Gasteiger partial charge in [0.1, 0.15) is 0 Å². The lowest BCUT2D eigenvalue weighted by molar-refractivity contribution is -0.118. The van der Waals surface area contributed by atoms with Gasteiger partial charge < -0.3 is 11.1 Å². The smallest absolute Gasteiger partial charge is 0.235 e. The van der Waals surface area contributed by atoms with E-state index in [-0.39, 0.29) is 10.9 Å². The van der Waals surface area contributed by atoms with Crippen molar-refractivity contribution in [3.63, 3.8) is 0 Å². The number of aryl methyl sites for hydroxylation is 1. The van der Waals surface area contributed by atoms with Crippen LogP contribution in [0.15, 0.2) is 12.3 Å². The number of rotatable bonds is 5. The van der Waals surface area contributed by atoms with E-state index in [2.05, 4.69) is 10.4 Å². The van der Waals surface area contributed by atoms with Gasteiger partial charge in [-0.2, -0.15) is 5.10 Å². The molecule has 1 unspecified atom stereocenters. The Morgan fingerprint density at radius 2 is 2.44 bits per heavy atom. The Kier molecular flexibility index (Phi) is 4.42. The Hall–Kier alpha value is -1.43. The van der Waals surface area contributed by atoms with Crippen molar-refractivity contribution in [3.8, 4) is 0 Å². The summed E-state index contributed by atoms with van der Waals surface area (Å²) in [6, 6.07) is 1.72. The average Bonchev–Trinajstić information content (AvgIpc) is 2.59. The molecule has 0 aliphatic carbocycles. The van der Waals surface area contributed by atoms with E-state index in [0.29, 0.717) is 12.2 Å². The molecule has 6 heteroatoms. The fourth-order valence-electron chi connectivity index (χ4n) is 1.39. The molecule has 1 heterocycles. The van der Waals surface area contributed by atoms with Gasteiger partial charge >= 0.3 is 0 Å². The van der Waals surface area contributed by atoms with Crippen molar-refractivity contribution >= 4 is 28.9 Å². The standard InChI is InChI=1S/C10H16N4OS/c1-3-4-7(9(11)16)10(15)12-8-5-6-14(2)13-8/h5-7H,3-4H2,1-2H3,(H2,11,16)(H,12,13,15). The number of anilines is 1. The number of hydrogen-bond donors (Lipinski definition) is 2. The van der Waals surface area contributed by atoms with Gasteiger partial charge in [0.15, 0.2) is 5.82 Å². The SMILES string of the molecule is CCCC(C(=O)Nc1ccn(C)n1)C(N)=S. The number of thiocarbonyl (C=S) groups is 1. The van der Waals surface area contributed by atoms with Crippen molar-refractivity contribution in [1.82, 2.24) is 9.78 Å². The van der Waals surface area contributed by atoms with Crippen LogP contribution in [0, 0.1) is 5.92 Å². The highest BCUT2D eigenvalue weighted by molar-refractivity contribution is 7.80. The third-order valence-corrected chi connectivity index (χ3v) is 2.49. The van der Waals surface area contributed by atoms with Crippen LogP contribution in [0.3, 0.4) is 0 Å². The van der Waals surface area contributed by atoms with Gasteiger partial charge in [-0.3, -0.25) is 9.48 Å². The molecule has 0 aliphatic heterocycles. The van der Waals surface area contributed by atoms with E-state index in [9.17, 15) is 4.79 Å². The summed E-state index contributed by atoms with van der Waals surface area (Å²) in [6.07, 6.45) is 3.27. The first-order valence-corrected chi connectivity index (χ1v) is 5.55. The molecule has 16 heavy (non-hydrogen) atoms. The molecule has 0 fully saturated rings. The molecule has 1 amide bonds. The van der Waals surface area contributed by atoms with Gasteiger partial charge in [-0.1, -0.05) is 25.6 Å². The summed E-state index contributed by atoms with van der Waals surface area (Å²) in [5.41, 5.74) is 5.53. The molecule has 0 spiro atoms. The van der Waals surface area contributed by atoms with E-state index >= 15 is 0 Å². The minimum atomic E-state index is -0.415. The Labute approximate surface area is 100 Å². The molecular formula is C10H16N4OS. The van der Waals surface area contributed by atoms with Crippen molar-refractivity contribution in [2.75, 3.05) is 5.32 Å². The second kappa shape index (κ2) is 5.60. The van der Waals surface area contributed by atoms with Crippen molar-refractivity contribution in [3.05, 3.63) is 12.3 Å². The van der Waals surface area contributed by atoms with Gasteiger partial charge in [-0.05, 0) is 6.42 Å². The second-order valence-corrected chi connectivity index (χ2v) is 4.08. The monoisotopic (exact) mass is 240 g/mol. The minimum Gasteiger partial charge on any atom is -0.393 e. The maximum atomic E-state index is 11.8. The Bertz CT molecular complexity index is 388. The van der Waals surface area contributed by atoms with E-state index in [1.807, 2.05) is 6.92 Å². The summed E-state index contributed by atoms with van der Waals surface area (Å²) in [5, 5.41) is 6.74. The van der Waals surface area contributed by atoms with E-state index in [1.54, 1.807) is 24.0 Å². The lowest BCUT2D eigenvalue weighted by atomic mass is 10.0. The highest BCUT2D eigenvalue weighted by Gasteiger charge is 2.20. The Morgan fingerprint density at radius 1 is 1.75 bits per heavy atom. The first kappa shape index (κ1) is 12.6. The number of carbonyl (C=O) groups is 1. The van der Waals surface area contributed by atoms with Gasteiger partial charge in [-0.25, -0.2) is 0 Å². The summed E-state index contributed by atoms with van der Waals surface area (Å²) in [5.74, 6) is -0.0834. The summed E-state index contributed by atoms with van der Waals surface area (Å²) in [7, 11) is 1.78. The van der Waals surface area contributed by atoms with Crippen molar-refractivity contribution in [1.29, 1.82) is 0 Å². The maximum Gasteiger partial charge on any atom is 0.235 e. The van der Waals surface area contributed by atoms with Crippen LogP contribution in [0.5, 0.6) is 0 Å². The predicted octanol–water partition coefficient (Wildman–Crippen LogP) is 1.06. The number of carbonyl (C=O) groups excluding carboxylic acids is 1. The number of amides is 1.